The van der Waals surface area contributed by atoms with Crippen LogP contribution < -0.4 is 5.73 Å². The number of nitrogens with one attached hydrogen (secondary N) is 1. The quantitative estimate of drug-likeness (QED) is 0.738. The molecule has 0 aromatic carbocycles. The van der Waals surface area contributed by atoms with E-state index in [0.717, 1.165) is 17.9 Å². The molecule has 0 unspecified atom stereocenters. The molecule has 6 heteroatoms. The van der Waals surface area contributed by atoms with Crippen molar-refractivity contribution in [2.75, 3.05) is 6.54 Å². The predicted molar refractivity (Wildman–Crippen MR) is 54.9 cm³/mol. The molecule has 2 rings (SSSR count). The predicted octanol–water partition coefficient (Wildman–Crippen LogP) is 0.0713. The number of aryl methyl sites for hydroxylation is 1. The molecule has 0 fully saturated rings. The van der Waals surface area contributed by atoms with Gasteiger partial charge in [0.25, 0.3) is 0 Å². The van der Waals surface area contributed by atoms with Gasteiger partial charge in [0.05, 0.1) is 18.1 Å². The van der Waals surface area contributed by atoms with E-state index in [9.17, 15) is 0 Å². The normalized spacial score (nSPS) is 10.5. The van der Waals surface area contributed by atoms with Gasteiger partial charge in [-0.3, -0.25) is 0 Å². The van der Waals surface area contributed by atoms with Crippen molar-refractivity contribution in [2.24, 2.45) is 5.73 Å². The first-order valence-electron chi connectivity index (χ1n) is 4.70. The average molecular weight is 204 g/mol. The maximum atomic E-state index is 5.43. The van der Waals surface area contributed by atoms with Gasteiger partial charge in [0.2, 0.25) is 0 Å². The molecular formula is C9H12N6. The molecule has 2 aromatic rings. The third kappa shape index (κ3) is 2.16. The number of H-pyrrole nitrogens is 1. The Hall–Kier alpha value is -1.82. The molecule has 3 N–H and O–H groups in total. The van der Waals surface area contributed by atoms with Crippen molar-refractivity contribution in [1.29, 1.82) is 0 Å². The molecule has 0 aliphatic rings. The first kappa shape index (κ1) is 9.72. The summed E-state index contributed by atoms with van der Waals surface area (Å²) in [6.45, 7) is 2.37. The van der Waals surface area contributed by atoms with E-state index in [0.29, 0.717) is 18.1 Å². The second-order valence-corrected chi connectivity index (χ2v) is 3.17. The number of hydrogen-bond acceptors (Lipinski definition) is 5. The fourth-order valence-electron chi connectivity index (χ4n) is 1.21. The van der Waals surface area contributed by atoms with Crippen LogP contribution in [0.25, 0.3) is 11.4 Å². The Kier molecular flexibility index (Phi) is 2.68. The Morgan fingerprint density at radius 2 is 2.13 bits per heavy atom. The van der Waals surface area contributed by atoms with Crippen LogP contribution in [0.1, 0.15) is 11.6 Å². The van der Waals surface area contributed by atoms with Crippen LogP contribution in [0.5, 0.6) is 0 Å². The monoisotopic (exact) mass is 204 g/mol. The Morgan fingerprint density at radius 1 is 1.27 bits per heavy atom. The van der Waals surface area contributed by atoms with Gasteiger partial charge in [-0.2, -0.15) is 0 Å². The molecule has 2 aromatic heterocycles. The van der Waals surface area contributed by atoms with E-state index in [-0.39, 0.29) is 0 Å². The Balaban J connectivity index is 2.25. The maximum Gasteiger partial charge on any atom is 0.147 e. The van der Waals surface area contributed by atoms with Gasteiger partial charge in [0, 0.05) is 6.42 Å². The van der Waals surface area contributed by atoms with E-state index in [2.05, 4.69) is 25.1 Å². The van der Waals surface area contributed by atoms with Crippen molar-refractivity contribution in [1.82, 2.24) is 25.1 Å². The maximum absolute atomic E-state index is 5.43. The first-order chi connectivity index (χ1) is 7.29. The van der Waals surface area contributed by atoms with Crippen LogP contribution in [0.15, 0.2) is 12.4 Å². The highest BCUT2D eigenvalue weighted by atomic mass is 15.2. The number of rotatable bonds is 3. The third-order valence-electron chi connectivity index (χ3n) is 1.96. The van der Waals surface area contributed by atoms with Gasteiger partial charge in [-0.25, -0.2) is 9.97 Å². The summed E-state index contributed by atoms with van der Waals surface area (Å²) >= 11 is 0. The fraction of sp³-hybridized carbons (Fsp3) is 0.333. The van der Waals surface area contributed by atoms with E-state index in [1.165, 1.54) is 0 Å². The molecule has 6 nitrogen and oxygen atoms in total. The summed E-state index contributed by atoms with van der Waals surface area (Å²) in [5, 5.41) is 7.88. The lowest BCUT2D eigenvalue weighted by atomic mass is 10.3. The first-order valence-corrected chi connectivity index (χ1v) is 4.70. The number of aromatic amines is 1. The summed E-state index contributed by atoms with van der Waals surface area (Å²) in [7, 11) is 0. The fourth-order valence-corrected chi connectivity index (χ4v) is 1.21. The topological polar surface area (TPSA) is 93.4 Å². The van der Waals surface area contributed by atoms with Crippen LogP contribution in [-0.4, -0.2) is 31.7 Å². The van der Waals surface area contributed by atoms with Crippen molar-refractivity contribution in [3.63, 3.8) is 0 Å². The van der Waals surface area contributed by atoms with E-state index >= 15 is 0 Å². The molecule has 0 bridgehead atoms. The van der Waals surface area contributed by atoms with Gasteiger partial charge in [-0.1, -0.05) is 0 Å². The number of nitrogens with zero attached hydrogens (tertiary/aromatic N) is 4. The Morgan fingerprint density at radius 3 is 2.80 bits per heavy atom. The highest BCUT2D eigenvalue weighted by Gasteiger charge is 2.04. The molecule has 0 aliphatic carbocycles. The van der Waals surface area contributed by atoms with Crippen LogP contribution in [0.4, 0.5) is 0 Å². The summed E-state index contributed by atoms with van der Waals surface area (Å²) in [6, 6.07) is 0. The van der Waals surface area contributed by atoms with Crippen LogP contribution in [-0.2, 0) is 6.42 Å². The lowest BCUT2D eigenvalue weighted by Crippen LogP contribution is -2.03. The SMILES string of the molecule is Cc1ncc(-c2cnc(CCN)[nH]2)nn1. The zero-order valence-electron chi connectivity index (χ0n) is 8.44. The van der Waals surface area contributed by atoms with Crippen molar-refractivity contribution in [3.05, 3.63) is 24.0 Å². The Bertz CT molecular complexity index is 432. The average Bonchev–Trinajstić information content (AvgIpc) is 2.68. The molecule has 15 heavy (non-hydrogen) atoms. The Labute approximate surface area is 87.0 Å². The highest BCUT2D eigenvalue weighted by molar-refractivity contribution is 5.50. The van der Waals surface area contributed by atoms with Gasteiger partial charge in [0.1, 0.15) is 17.3 Å². The smallest absolute Gasteiger partial charge is 0.147 e. The molecule has 2 heterocycles. The van der Waals surface area contributed by atoms with Crippen LogP contribution in [0.3, 0.4) is 0 Å². The zero-order valence-corrected chi connectivity index (χ0v) is 8.44. The lowest BCUT2D eigenvalue weighted by molar-refractivity contribution is 0.889. The van der Waals surface area contributed by atoms with Gasteiger partial charge in [-0.05, 0) is 13.5 Å². The minimum Gasteiger partial charge on any atom is -0.341 e. The van der Waals surface area contributed by atoms with E-state index < -0.39 is 0 Å². The standard InChI is InChI=1S/C9H12N6/c1-6-11-5-8(15-14-6)7-4-12-9(13-7)2-3-10/h4-5H,2-3,10H2,1H3,(H,12,13). The van der Waals surface area contributed by atoms with E-state index in [4.69, 9.17) is 5.73 Å². The lowest BCUT2D eigenvalue weighted by Gasteiger charge is -1.95. The minimum atomic E-state index is 0.574. The summed E-state index contributed by atoms with van der Waals surface area (Å²) in [5.41, 5.74) is 6.94. The van der Waals surface area contributed by atoms with Crippen LogP contribution >= 0.6 is 0 Å². The molecule has 0 saturated carbocycles. The number of aromatic nitrogens is 5. The largest absolute Gasteiger partial charge is 0.341 e. The summed E-state index contributed by atoms with van der Waals surface area (Å²) in [5.74, 6) is 1.51. The van der Waals surface area contributed by atoms with Crippen LogP contribution in [0, 0.1) is 6.92 Å². The second-order valence-electron chi connectivity index (χ2n) is 3.17. The van der Waals surface area contributed by atoms with Crippen molar-refractivity contribution in [2.45, 2.75) is 13.3 Å². The van der Waals surface area contributed by atoms with Gasteiger partial charge < -0.3 is 10.7 Å². The van der Waals surface area contributed by atoms with E-state index in [1.54, 1.807) is 19.3 Å². The number of imidazole rings is 1. The van der Waals surface area contributed by atoms with Gasteiger partial charge in [0.15, 0.2) is 0 Å². The summed E-state index contributed by atoms with van der Waals surface area (Å²) in [6.07, 6.45) is 4.11. The highest BCUT2D eigenvalue weighted by Crippen LogP contribution is 2.11. The number of hydrogen-bond donors (Lipinski definition) is 2. The number of nitrogens with two attached hydrogens (primary N) is 1. The summed E-state index contributed by atoms with van der Waals surface area (Å²) < 4.78 is 0. The molecule has 0 spiro atoms. The van der Waals surface area contributed by atoms with Crippen molar-refractivity contribution in [3.8, 4) is 11.4 Å². The zero-order chi connectivity index (χ0) is 10.7. The molecule has 78 valence electrons. The molecule has 0 amide bonds. The van der Waals surface area contributed by atoms with Gasteiger partial charge in [-0.15, -0.1) is 10.2 Å². The van der Waals surface area contributed by atoms with Crippen molar-refractivity contribution >= 4 is 0 Å². The summed E-state index contributed by atoms with van der Waals surface area (Å²) in [4.78, 5) is 11.4. The molecule has 0 radical (unpaired) electrons. The molecular weight excluding hydrogens is 192 g/mol. The second kappa shape index (κ2) is 4.14. The molecule has 0 aliphatic heterocycles. The van der Waals surface area contributed by atoms with E-state index in [1.807, 2.05) is 0 Å². The molecule has 0 atom stereocenters. The molecule has 0 saturated heterocycles. The minimum absolute atomic E-state index is 0.574. The van der Waals surface area contributed by atoms with Crippen LogP contribution in [0.2, 0.25) is 0 Å². The van der Waals surface area contributed by atoms with Gasteiger partial charge >= 0.3 is 0 Å². The third-order valence-corrected chi connectivity index (χ3v) is 1.96. The van der Waals surface area contributed by atoms with Crippen molar-refractivity contribution < 1.29 is 0 Å².